The van der Waals surface area contributed by atoms with Crippen LogP contribution in [0.1, 0.15) is 32.6 Å². The molecule has 6 heteroatoms. The first-order valence-corrected chi connectivity index (χ1v) is 8.17. The Morgan fingerprint density at radius 3 is 3.00 bits per heavy atom. The molecular formula is C15H19N3O2S. The van der Waals surface area contributed by atoms with Crippen LogP contribution in [0.3, 0.4) is 0 Å². The Labute approximate surface area is 127 Å². The lowest BCUT2D eigenvalue weighted by atomic mass is 10.3. The number of urea groups is 1. The first kappa shape index (κ1) is 14.1. The molecule has 112 valence electrons. The van der Waals surface area contributed by atoms with Crippen molar-refractivity contribution in [2.45, 2.75) is 38.6 Å². The summed E-state index contributed by atoms with van der Waals surface area (Å²) in [6, 6.07) is 5.91. The number of amides is 2. The summed E-state index contributed by atoms with van der Waals surface area (Å²) in [7, 11) is 0. The summed E-state index contributed by atoms with van der Waals surface area (Å²) >= 11 is 1.46. The van der Waals surface area contributed by atoms with E-state index < -0.39 is 0 Å². The van der Waals surface area contributed by atoms with E-state index in [1.165, 1.54) is 24.2 Å². The molecule has 0 unspecified atom stereocenters. The first-order chi connectivity index (χ1) is 10.2. The molecule has 0 spiro atoms. The first-order valence-electron chi connectivity index (χ1n) is 7.35. The molecule has 1 aromatic carbocycles. The fraction of sp³-hybridized carbons (Fsp3) is 0.467. The van der Waals surface area contributed by atoms with Crippen molar-refractivity contribution in [2.75, 3.05) is 11.9 Å². The maximum absolute atomic E-state index is 11.9. The molecule has 1 fully saturated rings. The molecule has 2 amide bonds. The van der Waals surface area contributed by atoms with Gasteiger partial charge in [-0.25, -0.2) is 9.78 Å². The summed E-state index contributed by atoms with van der Waals surface area (Å²) in [4.78, 5) is 16.4. The zero-order chi connectivity index (χ0) is 14.7. The molecule has 2 N–H and O–H groups in total. The smallest absolute Gasteiger partial charge is 0.321 e. The van der Waals surface area contributed by atoms with Crippen LogP contribution < -0.4 is 15.4 Å². The van der Waals surface area contributed by atoms with Gasteiger partial charge in [0.15, 0.2) is 5.13 Å². The monoisotopic (exact) mass is 305 g/mol. The van der Waals surface area contributed by atoms with Gasteiger partial charge in [0.05, 0.1) is 16.8 Å². The van der Waals surface area contributed by atoms with Crippen LogP contribution in [0.5, 0.6) is 5.75 Å². The number of benzene rings is 1. The number of fused-ring (bicyclic) bond motifs is 1. The number of carbonyl (C=O) groups excluding carboxylic acids is 1. The van der Waals surface area contributed by atoms with E-state index >= 15 is 0 Å². The van der Waals surface area contributed by atoms with Crippen LogP contribution in [0.25, 0.3) is 10.2 Å². The predicted molar refractivity (Wildman–Crippen MR) is 85.2 cm³/mol. The summed E-state index contributed by atoms with van der Waals surface area (Å²) < 4.78 is 6.48. The van der Waals surface area contributed by atoms with Crippen LogP contribution in [0.2, 0.25) is 0 Å². The number of rotatable bonds is 4. The van der Waals surface area contributed by atoms with Gasteiger partial charge in [-0.1, -0.05) is 24.2 Å². The van der Waals surface area contributed by atoms with Crippen molar-refractivity contribution in [1.29, 1.82) is 0 Å². The van der Waals surface area contributed by atoms with Gasteiger partial charge in [0, 0.05) is 6.04 Å². The zero-order valence-electron chi connectivity index (χ0n) is 12.0. The van der Waals surface area contributed by atoms with Crippen LogP contribution in [-0.4, -0.2) is 23.7 Å². The van der Waals surface area contributed by atoms with Gasteiger partial charge in [0.25, 0.3) is 0 Å². The SMILES string of the molecule is CCOc1ccc2nc(NC(=O)NC3CCCC3)sc2c1. The highest BCUT2D eigenvalue weighted by molar-refractivity contribution is 7.22. The molecular weight excluding hydrogens is 286 g/mol. The van der Waals surface area contributed by atoms with E-state index in [-0.39, 0.29) is 6.03 Å². The van der Waals surface area contributed by atoms with Crippen molar-refractivity contribution in [1.82, 2.24) is 10.3 Å². The number of hydrogen-bond donors (Lipinski definition) is 2. The lowest BCUT2D eigenvalue weighted by molar-refractivity contribution is 0.248. The number of thiazole rings is 1. The van der Waals surface area contributed by atoms with E-state index in [1.807, 2.05) is 25.1 Å². The van der Waals surface area contributed by atoms with Crippen LogP contribution in [0.4, 0.5) is 9.93 Å². The Kier molecular flexibility index (Phi) is 4.24. The fourth-order valence-corrected chi connectivity index (χ4v) is 3.49. The average Bonchev–Trinajstić information content (AvgIpc) is 3.07. The number of aromatic nitrogens is 1. The molecule has 0 bridgehead atoms. The summed E-state index contributed by atoms with van der Waals surface area (Å²) in [6.45, 7) is 2.59. The second-order valence-electron chi connectivity index (χ2n) is 5.16. The van der Waals surface area contributed by atoms with Gasteiger partial charge < -0.3 is 10.1 Å². The highest BCUT2D eigenvalue weighted by Gasteiger charge is 2.17. The van der Waals surface area contributed by atoms with Gasteiger partial charge in [-0.05, 0) is 38.0 Å². The lowest BCUT2D eigenvalue weighted by Gasteiger charge is -2.11. The zero-order valence-corrected chi connectivity index (χ0v) is 12.8. The van der Waals surface area contributed by atoms with Crippen LogP contribution in [-0.2, 0) is 0 Å². The Hall–Kier alpha value is -1.82. The quantitative estimate of drug-likeness (QED) is 0.904. The topological polar surface area (TPSA) is 63.2 Å². The van der Waals surface area contributed by atoms with E-state index in [9.17, 15) is 4.79 Å². The van der Waals surface area contributed by atoms with E-state index in [4.69, 9.17) is 4.74 Å². The van der Waals surface area contributed by atoms with E-state index in [1.54, 1.807) is 0 Å². The maximum Gasteiger partial charge on any atom is 0.321 e. The fourth-order valence-electron chi connectivity index (χ4n) is 2.60. The minimum absolute atomic E-state index is 0.161. The summed E-state index contributed by atoms with van der Waals surface area (Å²) in [5.74, 6) is 0.829. The number of nitrogens with zero attached hydrogens (tertiary/aromatic N) is 1. The molecule has 21 heavy (non-hydrogen) atoms. The third-order valence-electron chi connectivity index (χ3n) is 3.58. The molecule has 1 heterocycles. The van der Waals surface area contributed by atoms with Crippen LogP contribution >= 0.6 is 11.3 Å². The van der Waals surface area contributed by atoms with E-state index in [2.05, 4.69) is 15.6 Å². The third kappa shape index (κ3) is 3.44. The molecule has 0 aliphatic heterocycles. The van der Waals surface area contributed by atoms with Gasteiger partial charge >= 0.3 is 6.03 Å². The van der Waals surface area contributed by atoms with Crippen molar-refractivity contribution in [3.8, 4) is 5.75 Å². The van der Waals surface area contributed by atoms with Gasteiger partial charge in [-0.2, -0.15) is 0 Å². The Balaban J connectivity index is 1.67. The molecule has 1 saturated carbocycles. The Bertz CT molecular complexity index is 635. The van der Waals surface area contributed by atoms with E-state index in [0.717, 1.165) is 28.8 Å². The van der Waals surface area contributed by atoms with Crippen molar-refractivity contribution in [3.63, 3.8) is 0 Å². The summed E-state index contributed by atoms with van der Waals surface area (Å²) in [5, 5.41) is 6.44. The summed E-state index contributed by atoms with van der Waals surface area (Å²) in [6.07, 6.45) is 4.55. The second-order valence-corrected chi connectivity index (χ2v) is 6.19. The molecule has 1 aliphatic carbocycles. The van der Waals surface area contributed by atoms with Crippen LogP contribution in [0, 0.1) is 0 Å². The largest absolute Gasteiger partial charge is 0.494 e. The van der Waals surface area contributed by atoms with Gasteiger partial charge in [-0.3, -0.25) is 5.32 Å². The average molecular weight is 305 g/mol. The Morgan fingerprint density at radius 1 is 1.43 bits per heavy atom. The highest BCUT2D eigenvalue weighted by Crippen LogP contribution is 2.29. The molecule has 0 atom stereocenters. The van der Waals surface area contributed by atoms with Crippen molar-refractivity contribution in [2.24, 2.45) is 0 Å². The summed E-state index contributed by atoms with van der Waals surface area (Å²) in [5.41, 5.74) is 0.875. The Morgan fingerprint density at radius 2 is 2.24 bits per heavy atom. The van der Waals surface area contributed by atoms with Crippen molar-refractivity contribution < 1.29 is 9.53 Å². The molecule has 5 nitrogen and oxygen atoms in total. The van der Waals surface area contributed by atoms with Gasteiger partial charge in [0.1, 0.15) is 5.75 Å². The van der Waals surface area contributed by atoms with Crippen molar-refractivity contribution in [3.05, 3.63) is 18.2 Å². The predicted octanol–water partition coefficient (Wildman–Crippen LogP) is 3.76. The molecule has 1 aromatic heterocycles. The third-order valence-corrected chi connectivity index (χ3v) is 4.52. The maximum atomic E-state index is 11.9. The minimum atomic E-state index is -0.161. The van der Waals surface area contributed by atoms with Crippen LogP contribution in [0.15, 0.2) is 18.2 Å². The molecule has 0 saturated heterocycles. The number of nitrogens with one attached hydrogen (secondary N) is 2. The molecule has 0 radical (unpaired) electrons. The number of anilines is 1. The molecule has 2 aromatic rings. The van der Waals surface area contributed by atoms with E-state index in [0.29, 0.717) is 17.8 Å². The number of hydrogen-bond acceptors (Lipinski definition) is 4. The molecule has 1 aliphatic rings. The second kappa shape index (κ2) is 6.30. The highest BCUT2D eigenvalue weighted by atomic mass is 32.1. The minimum Gasteiger partial charge on any atom is -0.494 e. The van der Waals surface area contributed by atoms with Crippen molar-refractivity contribution >= 4 is 32.7 Å². The molecule has 3 rings (SSSR count). The van der Waals surface area contributed by atoms with Gasteiger partial charge in [-0.15, -0.1) is 0 Å². The lowest BCUT2D eigenvalue weighted by Crippen LogP contribution is -2.36. The standard InChI is InChI=1S/C15H19N3O2S/c1-2-20-11-7-8-12-13(9-11)21-15(17-12)18-14(19)16-10-5-3-4-6-10/h7-10H,2-6H2,1H3,(H2,16,17,18,19). The normalized spacial score (nSPS) is 15.3. The number of ether oxygens (including phenoxy) is 1. The number of carbonyl (C=O) groups is 1. The van der Waals surface area contributed by atoms with Gasteiger partial charge in [0.2, 0.25) is 0 Å².